The molecule has 2 aliphatic rings. The first-order chi connectivity index (χ1) is 14.0. The van der Waals surface area contributed by atoms with Crippen molar-refractivity contribution in [3.05, 3.63) is 46.8 Å². The van der Waals surface area contributed by atoms with Gasteiger partial charge in [-0.3, -0.25) is 9.59 Å². The molecular weight excluding hydrogens is 388 g/mol. The maximum absolute atomic E-state index is 12.4. The molecule has 6 nitrogen and oxygen atoms in total. The first-order valence-corrected chi connectivity index (χ1v) is 10.8. The molecule has 152 valence electrons. The van der Waals surface area contributed by atoms with Gasteiger partial charge in [-0.2, -0.15) is 0 Å². The molecule has 1 aromatic heterocycles. The Hall–Kier alpha value is -2.67. The zero-order valence-corrected chi connectivity index (χ0v) is 17.2. The van der Waals surface area contributed by atoms with Gasteiger partial charge in [0.2, 0.25) is 5.91 Å². The van der Waals surface area contributed by atoms with Gasteiger partial charge < -0.3 is 15.0 Å². The van der Waals surface area contributed by atoms with E-state index in [0.29, 0.717) is 15.4 Å². The number of amides is 1. The molecule has 1 aliphatic heterocycles. The van der Waals surface area contributed by atoms with Gasteiger partial charge in [-0.05, 0) is 56.2 Å². The van der Waals surface area contributed by atoms with Gasteiger partial charge in [-0.15, -0.1) is 11.3 Å². The van der Waals surface area contributed by atoms with E-state index in [1.807, 2.05) is 24.3 Å². The third kappa shape index (κ3) is 4.85. The van der Waals surface area contributed by atoms with Crippen LogP contribution in [0.5, 0.6) is 0 Å². The van der Waals surface area contributed by atoms with Crippen molar-refractivity contribution in [2.24, 2.45) is 5.92 Å². The van der Waals surface area contributed by atoms with Gasteiger partial charge in [0.1, 0.15) is 11.0 Å². The van der Waals surface area contributed by atoms with Crippen LogP contribution in [0.2, 0.25) is 0 Å². The van der Waals surface area contributed by atoms with Crippen molar-refractivity contribution in [1.82, 2.24) is 0 Å². The largest absolute Gasteiger partial charge is 0.458 e. The smallest absolute Gasteiger partial charge is 0.348 e. The molecule has 29 heavy (non-hydrogen) atoms. The van der Waals surface area contributed by atoms with E-state index in [0.717, 1.165) is 44.5 Å². The molecule has 0 atom stereocenters. The highest BCUT2D eigenvalue weighted by atomic mass is 32.1. The van der Waals surface area contributed by atoms with Crippen molar-refractivity contribution in [2.75, 3.05) is 23.3 Å². The monoisotopic (exact) mass is 412 g/mol. The molecule has 2 fully saturated rings. The number of rotatable bonds is 6. The number of nitrogens with one attached hydrogen (secondary N) is 1. The molecule has 7 heteroatoms. The van der Waals surface area contributed by atoms with Gasteiger partial charge >= 0.3 is 5.97 Å². The number of carbonyl (C=O) groups excluding carboxylic acids is 3. The second-order valence-electron chi connectivity index (χ2n) is 7.62. The van der Waals surface area contributed by atoms with Gasteiger partial charge in [0.05, 0.1) is 5.00 Å². The maximum Gasteiger partial charge on any atom is 0.348 e. The predicted octanol–water partition coefficient (Wildman–Crippen LogP) is 4.13. The van der Waals surface area contributed by atoms with Gasteiger partial charge in [0.25, 0.3) is 0 Å². The molecule has 0 radical (unpaired) electrons. The molecule has 0 bridgehead atoms. The first kappa shape index (κ1) is 19.6. The number of nitrogens with zero attached hydrogens (tertiary/aromatic N) is 1. The summed E-state index contributed by atoms with van der Waals surface area (Å²) >= 11 is 1.26. The molecule has 2 aromatic rings. The fourth-order valence-electron chi connectivity index (χ4n) is 3.43. The molecule has 4 rings (SSSR count). The van der Waals surface area contributed by atoms with Crippen molar-refractivity contribution in [1.29, 1.82) is 0 Å². The zero-order chi connectivity index (χ0) is 20.4. The van der Waals surface area contributed by atoms with Gasteiger partial charge in [-0.1, -0.05) is 0 Å². The van der Waals surface area contributed by atoms with Crippen molar-refractivity contribution in [3.63, 3.8) is 0 Å². The van der Waals surface area contributed by atoms with Gasteiger partial charge in [-0.25, -0.2) is 4.79 Å². The highest BCUT2D eigenvalue weighted by molar-refractivity contribution is 7.18. The van der Waals surface area contributed by atoms with Crippen LogP contribution in [0.25, 0.3) is 0 Å². The Morgan fingerprint density at radius 1 is 1.00 bits per heavy atom. The molecule has 1 saturated heterocycles. The number of ether oxygens (including phenoxy) is 1. The normalized spacial score (nSPS) is 17.1. The predicted molar refractivity (Wildman–Crippen MR) is 113 cm³/mol. The highest BCUT2D eigenvalue weighted by Crippen LogP contribution is 2.32. The summed E-state index contributed by atoms with van der Waals surface area (Å²) in [5, 5.41) is 3.55. The Bertz CT molecular complexity index is 909. The Morgan fingerprint density at radius 2 is 1.69 bits per heavy atom. The lowest BCUT2D eigenvalue weighted by atomic mass is 10.1. The van der Waals surface area contributed by atoms with E-state index < -0.39 is 0 Å². The number of Topliss-reactive ketones (excluding diaryl/α,β-unsaturated/α-hetero) is 1. The van der Waals surface area contributed by atoms with Crippen molar-refractivity contribution in [2.45, 2.75) is 38.7 Å². The van der Waals surface area contributed by atoms with E-state index in [-0.39, 0.29) is 29.7 Å². The first-order valence-electron chi connectivity index (χ1n) is 9.97. The number of anilines is 2. The number of esters is 1. The average molecular weight is 413 g/mol. The summed E-state index contributed by atoms with van der Waals surface area (Å²) in [5.41, 5.74) is 1.79. The Morgan fingerprint density at radius 3 is 2.31 bits per heavy atom. The number of thiophene rings is 1. The van der Waals surface area contributed by atoms with Crippen molar-refractivity contribution < 1.29 is 19.1 Å². The number of hydrogen-bond acceptors (Lipinski definition) is 6. The fraction of sp³-hybridized carbons (Fsp3) is 0.409. The summed E-state index contributed by atoms with van der Waals surface area (Å²) in [6, 6.07) is 11.1. The van der Waals surface area contributed by atoms with Crippen LogP contribution >= 0.6 is 11.3 Å². The molecule has 1 saturated carbocycles. The van der Waals surface area contributed by atoms with E-state index >= 15 is 0 Å². The lowest BCUT2D eigenvalue weighted by molar-refractivity contribution is -0.117. The molecule has 1 N–H and O–H groups in total. The SMILES string of the molecule is CC(=O)c1ccc(N2CCC(OC(=O)c3ccc(NC(=O)C4CC4)s3)CC2)cc1. The van der Waals surface area contributed by atoms with Crippen LogP contribution in [-0.4, -0.2) is 36.9 Å². The average Bonchev–Trinajstić information content (AvgIpc) is 3.48. The third-order valence-corrected chi connectivity index (χ3v) is 6.34. The minimum Gasteiger partial charge on any atom is -0.458 e. The van der Waals surface area contributed by atoms with E-state index in [1.165, 1.54) is 11.3 Å². The van der Waals surface area contributed by atoms with Crippen LogP contribution in [-0.2, 0) is 9.53 Å². The van der Waals surface area contributed by atoms with Crippen LogP contribution in [0, 0.1) is 5.92 Å². The standard InChI is InChI=1S/C22H24N2O4S/c1-14(25)15-4-6-17(7-5-15)24-12-10-18(11-13-24)28-22(27)19-8-9-20(29-19)23-21(26)16-2-3-16/h4-9,16,18H,2-3,10-13H2,1H3,(H,23,26). The summed E-state index contributed by atoms with van der Waals surface area (Å²) in [7, 11) is 0. The number of carbonyl (C=O) groups is 3. The second kappa shape index (κ2) is 8.37. The Balaban J connectivity index is 1.27. The molecule has 1 aliphatic carbocycles. The maximum atomic E-state index is 12.4. The second-order valence-corrected chi connectivity index (χ2v) is 8.71. The summed E-state index contributed by atoms with van der Waals surface area (Å²) in [6.45, 7) is 3.15. The molecule has 0 spiro atoms. The van der Waals surface area contributed by atoms with E-state index in [2.05, 4.69) is 10.2 Å². The highest BCUT2D eigenvalue weighted by Gasteiger charge is 2.30. The molecule has 1 aromatic carbocycles. The Kier molecular flexibility index (Phi) is 5.67. The van der Waals surface area contributed by atoms with Gasteiger partial charge in [0, 0.05) is 43.1 Å². The van der Waals surface area contributed by atoms with E-state index in [1.54, 1.807) is 19.1 Å². The number of ketones is 1. The quantitative estimate of drug-likeness (QED) is 0.570. The number of hydrogen-bond donors (Lipinski definition) is 1. The van der Waals surface area contributed by atoms with Crippen molar-refractivity contribution in [3.8, 4) is 0 Å². The summed E-state index contributed by atoms with van der Waals surface area (Å²) in [5.74, 6) is -0.0935. The summed E-state index contributed by atoms with van der Waals surface area (Å²) < 4.78 is 5.68. The van der Waals surface area contributed by atoms with Crippen molar-refractivity contribution >= 4 is 39.7 Å². The molecule has 2 heterocycles. The van der Waals surface area contributed by atoms with Crippen LogP contribution in [0.4, 0.5) is 10.7 Å². The zero-order valence-electron chi connectivity index (χ0n) is 16.3. The van der Waals surface area contributed by atoms with Crippen LogP contribution in [0.3, 0.4) is 0 Å². The van der Waals surface area contributed by atoms with Crippen LogP contribution in [0.15, 0.2) is 36.4 Å². The molecular formula is C22H24N2O4S. The van der Waals surface area contributed by atoms with E-state index in [4.69, 9.17) is 4.74 Å². The van der Waals surface area contributed by atoms with Crippen LogP contribution in [0.1, 0.15) is 52.6 Å². The number of piperidine rings is 1. The minimum absolute atomic E-state index is 0.0375. The lowest BCUT2D eigenvalue weighted by Gasteiger charge is -2.33. The summed E-state index contributed by atoms with van der Waals surface area (Å²) in [6.07, 6.45) is 3.31. The molecule has 1 amide bonds. The van der Waals surface area contributed by atoms with E-state index in [9.17, 15) is 14.4 Å². The lowest BCUT2D eigenvalue weighted by Crippen LogP contribution is -2.37. The minimum atomic E-state index is -0.328. The fourth-order valence-corrected chi connectivity index (χ4v) is 4.22. The Labute approximate surface area is 173 Å². The topological polar surface area (TPSA) is 75.7 Å². The summed E-state index contributed by atoms with van der Waals surface area (Å²) in [4.78, 5) is 38.4. The van der Waals surface area contributed by atoms with Gasteiger partial charge in [0.15, 0.2) is 5.78 Å². The third-order valence-electron chi connectivity index (χ3n) is 5.36. The number of benzene rings is 1. The van der Waals surface area contributed by atoms with Crippen LogP contribution < -0.4 is 10.2 Å². The molecule has 0 unspecified atom stereocenters.